The lowest BCUT2D eigenvalue weighted by molar-refractivity contribution is 0.752. The minimum Gasteiger partial charge on any atom is -0.310 e. The van der Waals surface area contributed by atoms with Crippen LogP contribution in [0.25, 0.3) is 33.4 Å². The van der Waals surface area contributed by atoms with E-state index in [1.807, 2.05) is 24.3 Å². The van der Waals surface area contributed by atoms with Gasteiger partial charge in [-0.25, -0.2) is 0 Å². The molecule has 214 valence electrons. The number of anilines is 3. The lowest BCUT2D eigenvalue weighted by Gasteiger charge is -2.45. The molecule has 0 amide bonds. The van der Waals surface area contributed by atoms with E-state index in [9.17, 15) is 5.26 Å². The molecule has 1 aliphatic carbocycles. The SMILES string of the molecule is N#Cc1ccccc1-c1cccc(-c2cccc(N3c4ccccc4C4(c5ccccc5-c5ccccc54)c4ccccc43)c2)c1. The molecule has 2 nitrogen and oxygen atoms in total. The number of nitriles is 1. The summed E-state index contributed by atoms with van der Waals surface area (Å²) >= 11 is 0. The molecule has 0 fully saturated rings. The maximum atomic E-state index is 9.74. The van der Waals surface area contributed by atoms with Crippen molar-refractivity contribution in [2.75, 3.05) is 4.90 Å². The Morgan fingerprint density at radius 2 is 0.891 bits per heavy atom. The highest BCUT2D eigenvalue weighted by atomic mass is 15.2. The Morgan fingerprint density at radius 3 is 1.52 bits per heavy atom. The third kappa shape index (κ3) is 3.63. The summed E-state index contributed by atoms with van der Waals surface area (Å²) in [6.45, 7) is 0. The van der Waals surface area contributed by atoms with Gasteiger partial charge in [-0.2, -0.15) is 5.26 Å². The van der Waals surface area contributed by atoms with Crippen LogP contribution in [0.15, 0.2) is 170 Å². The molecule has 0 unspecified atom stereocenters. The number of nitrogens with zero attached hydrogens (tertiary/aromatic N) is 2. The summed E-state index contributed by atoms with van der Waals surface area (Å²) in [6.07, 6.45) is 0. The zero-order valence-electron chi connectivity index (χ0n) is 25.1. The second kappa shape index (κ2) is 10.2. The van der Waals surface area contributed by atoms with Crippen molar-refractivity contribution < 1.29 is 0 Å². The van der Waals surface area contributed by atoms with Crippen LogP contribution in [-0.2, 0) is 5.41 Å². The highest BCUT2D eigenvalue weighted by Gasteiger charge is 2.51. The lowest BCUT2D eigenvalue weighted by Crippen LogP contribution is -2.36. The summed E-state index contributed by atoms with van der Waals surface area (Å²) in [5, 5.41) is 9.74. The van der Waals surface area contributed by atoms with Crippen molar-refractivity contribution in [2.45, 2.75) is 5.41 Å². The van der Waals surface area contributed by atoms with Crippen LogP contribution in [0.1, 0.15) is 27.8 Å². The predicted molar refractivity (Wildman–Crippen MR) is 188 cm³/mol. The van der Waals surface area contributed by atoms with Crippen LogP contribution in [0.4, 0.5) is 17.1 Å². The molecule has 1 spiro atoms. The molecule has 0 saturated carbocycles. The molecular formula is C44H28N2. The normalized spacial score (nSPS) is 13.3. The fourth-order valence-electron chi connectivity index (χ4n) is 7.86. The molecule has 1 aliphatic heterocycles. The van der Waals surface area contributed by atoms with Crippen molar-refractivity contribution >= 4 is 17.1 Å². The first kappa shape index (κ1) is 26.3. The van der Waals surface area contributed by atoms with Crippen molar-refractivity contribution in [2.24, 2.45) is 0 Å². The quantitative estimate of drug-likeness (QED) is 0.207. The van der Waals surface area contributed by atoms with Gasteiger partial charge in [0.15, 0.2) is 0 Å². The van der Waals surface area contributed by atoms with Crippen LogP contribution in [0.2, 0.25) is 0 Å². The molecule has 0 saturated heterocycles. The standard InChI is InChI=1S/C44H28N2/c45-29-33-13-1-2-18-35(33)32-16-11-14-30(27-32)31-15-12-17-34(28-31)46-42-25-9-7-23-40(42)44(41-24-8-10-26-43(41)46)38-21-5-3-19-36(38)37-20-4-6-22-39(37)44/h1-28H. The molecule has 46 heavy (non-hydrogen) atoms. The molecule has 9 rings (SSSR count). The summed E-state index contributed by atoms with van der Waals surface area (Å²) in [7, 11) is 0. The van der Waals surface area contributed by atoms with Crippen LogP contribution in [0.5, 0.6) is 0 Å². The number of benzene rings is 7. The van der Waals surface area contributed by atoms with E-state index in [1.54, 1.807) is 0 Å². The molecule has 7 aromatic rings. The van der Waals surface area contributed by atoms with Gasteiger partial charge >= 0.3 is 0 Å². The fraction of sp³-hybridized carbons (Fsp3) is 0.0227. The van der Waals surface area contributed by atoms with Gasteiger partial charge in [0.2, 0.25) is 0 Å². The average molecular weight is 585 g/mol. The second-order valence-corrected chi connectivity index (χ2v) is 12.0. The van der Waals surface area contributed by atoms with Gasteiger partial charge in [0.05, 0.1) is 28.4 Å². The monoisotopic (exact) mass is 584 g/mol. The van der Waals surface area contributed by atoms with E-state index in [4.69, 9.17) is 0 Å². The van der Waals surface area contributed by atoms with Crippen molar-refractivity contribution in [1.29, 1.82) is 5.26 Å². The van der Waals surface area contributed by atoms with Crippen molar-refractivity contribution in [1.82, 2.24) is 0 Å². The summed E-state index contributed by atoms with van der Waals surface area (Å²) in [4.78, 5) is 2.43. The lowest BCUT2D eigenvalue weighted by atomic mass is 9.64. The molecule has 2 heteroatoms. The largest absolute Gasteiger partial charge is 0.310 e. The Labute approximate surface area is 269 Å². The Morgan fingerprint density at radius 1 is 0.413 bits per heavy atom. The number of para-hydroxylation sites is 2. The first-order valence-corrected chi connectivity index (χ1v) is 15.7. The number of rotatable bonds is 3. The van der Waals surface area contributed by atoms with Crippen LogP contribution in [-0.4, -0.2) is 0 Å². The van der Waals surface area contributed by atoms with Crippen molar-refractivity contribution in [3.63, 3.8) is 0 Å². The van der Waals surface area contributed by atoms with E-state index < -0.39 is 5.41 Å². The first-order valence-electron chi connectivity index (χ1n) is 15.7. The minimum absolute atomic E-state index is 0.420. The molecule has 0 bridgehead atoms. The molecule has 0 radical (unpaired) electrons. The third-order valence-corrected chi connectivity index (χ3v) is 9.71. The second-order valence-electron chi connectivity index (χ2n) is 12.0. The van der Waals surface area contributed by atoms with Gasteiger partial charge in [0, 0.05) is 5.69 Å². The predicted octanol–water partition coefficient (Wildman–Crippen LogP) is 11.0. The number of hydrogen-bond donors (Lipinski definition) is 0. The highest BCUT2D eigenvalue weighted by Crippen LogP contribution is 2.63. The van der Waals surface area contributed by atoms with Gasteiger partial charge < -0.3 is 4.90 Å². The first-order chi connectivity index (χ1) is 22.8. The van der Waals surface area contributed by atoms with Crippen LogP contribution >= 0.6 is 0 Å². The van der Waals surface area contributed by atoms with E-state index in [1.165, 1.54) is 44.8 Å². The minimum atomic E-state index is -0.420. The number of hydrogen-bond acceptors (Lipinski definition) is 2. The van der Waals surface area contributed by atoms with Crippen molar-refractivity contribution in [3.05, 3.63) is 198 Å². The Kier molecular flexibility index (Phi) is 5.82. The third-order valence-electron chi connectivity index (χ3n) is 9.71. The smallest absolute Gasteiger partial charge is 0.0998 e. The molecule has 2 aliphatic rings. The van der Waals surface area contributed by atoms with E-state index in [-0.39, 0.29) is 0 Å². The van der Waals surface area contributed by atoms with Gasteiger partial charge in [-0.15, -0.1) is 0 Å². The topological polar surface area (TPSA) is 27.0 Å². The number of fused-ring (bicyclic) bond motifs is 9. The zero-order valence-corrected chi connectivity index (χ0v) is 25.1. The van der Waals surface area contributed by atoms with E-state index in [2.05, 4.69) is 157 Å². The van der Waals surface area contributed by atoms with Crippen LogP contribution in [0.3, 0.4) is 0 Å². The Hall–Kier alpha value is -6.17. The Bertz CT molecular complexity index is 2260. The molecule has 0 atom stereocenters. The van der Waals surface area contributed by atoms with Gasteiger partial charge in [0.25, 0.3) is 0 Å². The van der Waals surface area contributed by atoms with Gasteiger partial charge in [-0.3, -0.25) is 0 Å². The van der Waals surface area contributed by atoms with E-state index in [0.717, 1.165) is 27.9 Å². The highest BCUT2D eigenvalue weighted by molar-refractivity contribution is 5.96. The zero-order chi connectivity index (χ0) is 30.7. The van der Waals surface area contributed by atoms with Crippen molar-refractivity contribution in [3.8, 4) is 39.4 Å². The van der Waals surface area contributed by atoms with E-state index >= 15 is 0 Å². The van der Waals surface area contributed by atoms with Gasteiger partial charge in [-0.1, -0.05) is 133 Å². The maximum Gasteiger partial charge on any atom is 0.0998 e. The fourth-order valence-corrected chi connectivity index (χ4v) is 7.86. The summed E-state index contributed by atoms with van der Waals surface area (Å²) in [5.74, 6) is 0. The molecule has 1 heterocycles. The molecule has 0 N–H and O–H groups in total. The maximum absolute atomic E-state index is 9.74. The van der Waals surface area contributed by atoms with Crippen LogP contribution < -0.4 is 4.90 Å². The summed E-state index contributed by atoms with van der Waals surface area (Å²) in [6, 6.07) is 63.1. The van der Waals surface area contributed by atoms with Gasteiger partial charge in [0.1, 0.15) is 0 Å². The summed E-state index contributed by atoms with van der Waals surface area (Å²) in [5.41, 5.74) is 15.8. The molecule has 7 aromatic carbocycles. The Balaban J connectivity index is 1.25. The summed E-state index contributed by atoms with van der Waals surface area (Å²) < 4.78 is 0. The van der Waals surface area contributed by atoms with E-state index in [0.29, 0.717) is 5.56 Å². The molecule has 0 aromatic heterocycles. The van der Waals surface area contributed by atoms with Gasteiger partial charge in [-0.05, 0) is 92.0 Å². The molecular weight excluding hydrogens is 556 g/mol. The van der Waals surface area contributed by atoms with Crippen LogP contribution in [0, 0.1) is 11.3 Å². The average Bonchev–Trinajstić information content (AvgIpc) is 3.43.